The molecule has 3 N–H and O–H groups in total. The Kier molecular flexibility index (Phi) is 8.03. The fourth-order valence-electron chi connectivity index (χ4n) is 3.99. The molecule has 0 aromatic heterocycles. The number of ketones is 1. The molecule has 1 aromatic rings. The first-order chi connectivity index (χ1) is 14.8. The van der Waals surface area contributed by atoms with Crippen LogP contribution in [0.1, 0.15) is 44.0 Å². The monoisotopic (exact) mass is 430 g/mol. The first kappa shape index (κ1) is 23.2. The van der Waals surface area contributed by atoms with Gasteiger partial charge >= 0.3 is 0 Å². The minimum atomic E-state index is -0.718. The van der Waals surface area contributed by atoms with Crippen molar-refractivity contribution in [2.24, 2.45) is 5.92 Å². The highest BCUT2D eigenvalue weighted by atomic mass is 16.5. The van der Waals surface area contributed by atoms with E-state index < -0.39 is 12.1 Å². The van der Waals surface area contributed by atoms with Crippen molar-refractivity contribution in [2.45, 2.75) is 51.8 Å². The molecule has 3 rings (SSSR count). The average molecular weight is 431 g/mol. The third kappa shape index (κ3) is 6.27. The Morgan fingerprint density at radius 2 is 1.94 bits per heavy atom. The zero-order valence-electron chi connectivity index (χ0n) is 18.6. The van der Waals surface area contributed by atoms with E-state index in [2.05, 4.69) is 20.9 Å². The maximum atomic E-state index is 12.8. The number of anilines is 1. The Bertz CT molecular complexity index is 772. The van der Waals surface area contributed by atoms with Crippen molar-refractivity contribution in [3.8, 4) is 0 Å². The number of nitrogens with zero attached hydrogens (tertiary/aromatic N) is 1. The number of nitrogens with one attached hydrogen (secondary N) is 3. The Hall–Kier alpha value is -2.45. The second-order valence-corrected chi connectivity index (χ2v) is 8.76. The van der Waals surface area contributed by atoms with Crippen LogP contribution in [-0.4, -0.2) is 68.6 Å². The lowest BCUT2D eigenvalue weighted by atomic mass is 10.0. The summed E-state index contributed by atoms with van der Waals surface area (Å²) in [6.45, 7) is 9.63. The summed E-state index contributed by atoms with van der Waals surface area (Å²) >= 11 is 0. The molecule has 8 nitrogen and oxygen atoms in total. The number of rotatable bonds is 7. The molecule has 2 fully saturated rings. The quantitative estimate of drug-likeness (QED) is 0.599. The number of ether oxygens (including phenoxy) is 1. The number of Topliss-reactive ketones (excluding diaryl/α,β-unsaturated/α-hetero) is 1. The van der Waals surface area contributed by atoms with Gasteiger partial charge in [-0.25, -0.2) is 0 Å². The Balaban J connectivity index is 1.64. The molecule has 2 heterocycles. The van der Waals surface area contributed by atoms with Gasteiger partial charge in [0.1, 0.15) is 18.7 Å². The molecule has 3 atom stereocenters. The number of benzene rings is 1. The van der Waals surface area contributed by atoms with Crippen LogP contribution < -0.4 is 20.9 Å². The van der Waals surface area contributed by atoms with Crippen LogP contribution in [0.2, 0.25) is 0 Å². The number of hydrogen-bond acceptors (Lipinski definition) is 6. The third-order valence-electron chi connectivity index (χ3n) is 5.77. The molecule has 0 unspecified atom stereocenters. The van der Waals surface area contributed by atoms with Crippen LogP contribution in [0.3, 0.4) is 0 Å². The van der Waals surface area contributed by atoms with Crippen LogP contribution in [-0.2, 0) is 14.3 Å². The molecule has 0 radical (unpaired) electrons. The molecule has 0 spiro atoms. The van der Waals surface area contributed by atoms with Gasteiger partial charge in [0, 0.05) is 30.9 Å². The van der Waals surface area contributed by atoms with E-state index in [1.165, 1.54) is 0 Å². The van der Waals surface area contributed by atoms with Crippen LogP contribution in [0.4, 0.5) is 5.69 Å². The van der Waals surface area contributed by atoms with Crippen LogP contribution >= 0.6 is 0 Å². The van der Waals surface area contributed by atoms with E-state index in [1.807, 2.05) is 26.0 Å². The molecule has 2 aliphatic heterocycles. The number of amides is 2. The lowest BCUT2D eigenvalue weighted by Gasteiger charge is -2.24. The van der Waals surface area contributed by atoms with Gasteiger partial charge in [0.15, 0.2) is 5.78 Å². The van der Waals surface area contributed by atoms with Gasteiger partial charge in [0.05, 0.1) is 6.10 Å². The average Bonchev–Trinajstić information content (AvgIpc) is 2.94. The summed E-state index contributed by atoms with van der Waals surface area (Å²) in [6.07, 6.45) is 1.20. The molecule has 2 aliphatic rings. The van der Waals surface area contributed by atoms with Gasteiger partial charge in [0.25, 0.3) is 5.91 Å². The highest BCUT2D eigenvalue weighted by molar-refractivity contribution is 5.99. The largest absolute Gasteiger partial charge is 0.370 e. The van der Waals surface area contributed by atoms with E-state index >= 15 is 0 Å². The first-order valence-electron chi connectivity index (χ1n) is 11.2. The van der Waals surface area contributed by atoms with Crippen LogP contribution in [0.5, 0.6) is 0 Å². The van der Waals surface area contributed by atoms with Crippen LogP contribution in [0.15, 0.2) is 24.3 Å². The molecule has 2 saturated heterocycles. The van der Waals surface area contributed by atoms with Crippen molar-refractivity contribution in [2.75, 3.05) is 37.7 Å². The summed E-state index contributed by atoms with van der Waals surface area (Å²) in [5.41, 5.74) is 1.59. The zero-order valence-corrected chi connectivity index (χ0v) is 18.6. The minimum absolute atomic E-state index is 0.00670. The van der Waals surface area contributed by atoms with E-state index in [0.29, 0.717) is 12.0 Å². The number of carbonyl (C=O) groups is 3. The highest BCUT2D eigenvalue weighted by Crippen LogP contribution is 2.17. The van der Waals surface area contributed by atoms with E-state index in [1.54, 1.807) is 19.1 Å². The molecule has 170 valence electrons. The van der Waals surface area contributed by atoms with Gasteiger partial charge in [0.2, 0.25) is 5.91 Å². The molecule has 31 heavy (non-hydrogen) atoms. The second kappa shape index (κ2) is 10.7. The SMILES string of the molecule is CC(C)C[C@H](NC(=O)c1ccc(N2CCCNCC2)cc1)C(=O)N[C@@H]1C(=O)CO[C@@H]1C. The predicted octanol–water partition coefficient (Wildman–Crippen LogP) is 1.10. The minimum Gasteiger partial charge on any atom is -0.370 e. The van der Waals surface area contributed by atoms with Gasteiger partial charge in [-0.05, 0) is 56.5 Å². The fourth-order valence-corrected chi connectivity index (χ4v) is 3.99. The molecule has 0 aliphatic carbocycles. The summed E-state index contributed by atoms with van der Waals surface area (Å²) in [5, 5.41) is 8.99. The van der Waals surface area contributed by atoms with Gasteiger partial charge in [-0.2, -0.15) is 0 Å². The predicted molar refractivity (Wildman–Crippen MR) is 119 cm³/mol. The third-order valence-corrected chi connectivity index (χ3v) is 5.77. The van der Waals surface area contributed by atoms with Crippen molar-refractivity contribution in [3.63, 3.8) is 0 Å². The first-order valence-corrected chi connectivity index (χ1v) is 11.2. The molecule has 0 saturated carbocycles. The van der Waals surface area contributed by atoms with Crippen molar-refractivity contribution < 1.29 is 19.1 Å². The standard InChI is InChI=1S/C23H34N4O4/c1-15(2)13-19(23(30)26-21-16(3)31-14-20(21)28)25-22(29)17-5-7-18(8-6-17)27-11-4-9-24-10-12-27/h5-8,15-16,19,21,24H,4,9-14H2,1-3H3,(H,25,29)(H,26,30)/t16-,19+,21+/m1/s1. The van der Waals surface area contributed by atoms with Crippen molar-refractivity contribution in [1.82, 2.24) is 16.0 Å². The topological polar surface area (TPSA) is 99.8 Å². The Labute approximate surface area is 184 Å². The van der Waals surface area contributed by atoms with E-state index in [-0.39, 0.29) is 36.2 Å². The van der Waals surface area contributed by atoms with Gasteiger partial charge in [-0.3, -0.25) is 14.4 Å². The Morgan fingerprint density at radius 3 is 2.58 bits per heavy atom. The summed E-state index contributed by atoms with van der Waals surface area (Å²) in [4.78, 5) is 39.9. The summed E-state index contributed by atoms with van der Waals surface area (Å²) in [7, 11) is 0. The normalized spacial score (nSPS) is 22.8. The lowest BCUT2D eigenvalue weighted by Crippen LogP contribution is -2.53. The molecule has 0 bridgehead atoms. The molecular weight excluding hydrogens is 396 g/mol. The van der Waals surface area contributed by atoms with Gasteiger partial charge in [-0.15, -0.1) is 0 Å². The van der Waals surface area contributed by atoms with Crippen LogP contribution in [0, 0.1) is 5.92 Å². The molecule has 8 heteroatoms. The number of hydrogen-bond donors (Lipinski definition) is 3. The van der Waals surface area contributed by atoms with Gasteiger partial charge in [-0.1, -0.05) is 13.8 Å². The summed E-state index contributed by atoms with van der Waals surface area (Å²) < 4.78 is 5.30. The Morgan fingerprint density at radius 1 is 1.19 bits per heavy atom. The maximum Gasteiger partial charge on any atom is 0.251 e. The fraction of sp³-hybridized carbons (Fsp3) is 0.609. The zero-order chi connectivity index (χ0) is 22.4. The maximum absolute atomic E-state index is 12.8. The van der Waals surface area contributed by atoms with Crippen molar-refractivity contribution >= 4 is 23.3 Å². The van der Waals surface area contributed by atoms with E-state index in [0.717, 1.165) is 38.3 Å². The van der Waals surface area contributed by atoms with Gasteiger partial charge < -0.3 is 25.6 Å². The second-order valence-electron chi connectivity index (χ2n) is 8.76. The van der Waals surface area contributed by atoms with Crippen molar-refractivity contribution in [3.05, 3.63) is 29.8 Å². The van der Waals surface area contributed by atoms with Crippen molar-refractivity contribution in [1.29, 1.82) is 0 Å². The van der Waals surface area contributed by atoms with E-state index in [9.17, 15) is 14.4 Å². The lowest BCUT2D eigenvalue weighted by molar-refractivity contribution is -0.127. The molecule has 1 aromatic carbocycles. The molecule has 2 amide bonds. The molecular formula is C23H34N4O4. The number of carbonyl (C=O) groups excluding carboxylic acids is 3. The van der Waals surface area contributed by atoms with Crippen LogP contribution in [0.25, 0.3) is 0 Å². The van der Waals surface area contributed by atoms with E-state index in [4.69, 9.17) is 4.74 Å². The highest BCUT2D eigenvalue weighted by Gasteiger charge is 2.35. The summed E-state index contributed by atoms with van der Waals surface area (Å²) in [5.74, 6) is -0.601. The smallest absolute Gasteiger partial charge is 0.251 e. The summed E-state index contributed by atoms with van der Waals surface area (Å²) in [6, 6.07) is 6.11.